The van der Waals surface area contributed by atoms with Crippen LogP contribution in [0.3, 0.4) is 0 Å². The van der Waals surface area contributed by atoms with Crippen LogP contribution in [-0.2, 0) is 0 Å². The molecule has 2 heterocycles. The van der Waals surface area contributed by atoms with Gasteiger partial charge in [0.05, 0.1) is 36.2 Å². The van der Waals surface area contributed by atoms with Gasteiger partial charge in [0.15, 0.2) is 0 Å². The Morgan fingerprint density at radius 1 is 1.33 bits per heavy atom. The first kappa shape index (κ1) is 14.7. The molecular weight excluding hydrogens is 402 g/mol. The Bertz CT molecular complexity index is 839. The summed E-state index contributed by atoms with van der Waals surface area (Å²) in [6.07, 6.45) is 0. The first-order valence-corrected chi connectivity index (χ1v) is 8.34. The lowest BCUT2D eigenvalue weighted by molar-refractivity contribution is 0.618. The zero-order valence-corrected chi connectivity index (χ0v) is 14.8. The highest BCUT2D eigenvalue weighted by Crippen LogP contribution is 2.33. The summed E-state index contributed by atoms with van der Waals surface area (Å²) in [7, 11) is 0. The van der Waals surface area contributed by atoms with Crippen molar-refractivity contribution >= 4 is 50.9 Å². The van der Waals surface area contributed by atoms with Gasteiger partial charge in [-0.1, -0.05) is 0 Å². The van der Waals surface area contributed by atoms with Crippen LogP contribution < -0.4 is 5.73 Å². The zero-order valence-electron chi connectivity index (χ0n) is 11.8. The molecule has 2 aromatic heterocycles. The molecule has 0 amide bonds. The van der Waals surface area contributed by atoms with Crippen LogP contribution in [0.1, 0.15) is 28.5 Å². The molecule has 2 N–H and O–H groups in total. The van der Waals surface area contributed by atoms with E-state index in [9.17, 15) is 4.39 Å². The SMILES string of the molecule is Cc1nc(C)c(C(C)n2c(N)nc3cc(I)c(F)cc32)s1. The van der Waals surface area contributed by atoms with Crippen molar-refractivity contribution in [2.45, 2.75) is 26.8 Å². The fourth-order valence-electron chi connectivity index (χ4n) is 2.57. The summed E-state index contributed by atoms with van der Waals surface area (Å²) in [6, 6.07) is 3.19. The first-order valence-electron chi connectivity index (χ1n) is 6.45. The van der Waals surface area contributed by atoms with Crippen LogP contribution in [0.15, 0.2) is 12.1 Å². The minimum atomic E-state index is -0.256. The van der Waals surface area contributed by atoms with E-state index in [0.717, 1.165) is 15.6 Å². The van der Waals surface area contributed by atoms with Crippen molar-refractivity contribution in [3.8, 4) is 0 Å². The molecule has 3 aromatic rings. The van der Waals surface area contributed by atoms with Crippen LogP contribution in [0.2, 0.25) is 0 Å². The number of nitrogen functional groups attached to an aromatic ring is 1. The molecule has 110 valence electrons. The molecule has 0 aliphatic rings. The Kier molecular flexibility index (Phi) is 3.64. The average Bonchev–Trinajstić information content (AvgIpc) is 2.89. The monoisotopic (exact) mass is 416 g/mol. The summed E-state index contributed by atoms with van der Waals surface area (Å²) < 4.78 is 16.3. The van der Waals surface area contributed by atoms with Gasteiger partial charge < -0.3 is 10.3 Å². The molecule has 3 rings (SSSR count). The second kappa shape index (κ2) is 5.20. The van der Waals surface area contributed by atoms with E-state index in [1.807, 2.05) is 47.9 Å². The Hall–Kier alpha value is -1.22. The second-order valence-corrected chi connectivity index (χ2v) is 7.35. The summed E-state index contributed by atoms with van der Waals surface area (Å²) in [6.45, 7) is 5.99. The van der Waals surface area contributed by atoms with Gasteiger partial charge in [-0.15, -0.1) is 11.3 Å². The van der Waals surface area contributed by atoms with Crippen LogP contribution in [0.5, 0.6) is 0 Å². The minimum absolute atomic E-state index is 0.0272. The molecule has 0 saturated carbocycles. The van der Waals surface area contributed by atoms with E-state index in [4.69, 9.17) is 5.73 Å². The number of hydrogen-bond acceptors (Lipinski definition) is 4. The van der Waals surface area contributed by atoms with Gasteiger partial charge in [-0.05, 0) is 49.4 Å². The zero-order chi connectivity index (χ0) is 15.3. The Labute approximate surface area is 139 Å². The smallest absolute Gasteiger partial charge is 0.201 e. The van der Waals surface area contributed by atoms with Gasteiger partial charge in [0.2, 0.25) is 5.95 Å². The molecule has 1 unspecified atom stereocenters. The Balaban J connectivity index is 2.22. The number of fused-ring (bicyclic) bond motifs is 1. The molecule has 0 fully saturated rings. The number of nitrogens with zero attached hydrogens (tertiary/aromatic N) is 3. The molecule has 0 saturated heterocycles. The summed E-state index contributed by atoms with van der Waals surface area (Å²) in [5.41, 5.74) is 8.47. The maximum Gasteiger partial charge on any atom is 0.201 e. The lowest BCUT2D eigenvalue weighted by Gasteiger charge is -2.15. The molecule has 0 aliphatic heterocycles. The number of anilines is 1. The summed E-state index contributed by atoms with van der Waals surface area (Å²) in [5.74, 6) is 0.137. The second-order valence-electron chi connectivity index (χ2n) is 4.95. The third kappa shape index (κ3) is 2.42. The summed E-state index contributed by atoms with van der Waals surface area (Å²) >= 11 is 3.59. The van der Waals surface area contributed by atoms with Crippen LogP contribution >= 0.6 is 33.9 Å². The topological polar surface area (TPSA) is 56.7 Å². The summed E-state index contributed by atoms with van der Waals surface area (Å²) in [4.78, 5) is 9.93. The number of aromatic nitrogens is 3. The van der Waals surface area contributed by atoms with E-state index in [-0.39, 0.29) is 11.9 Å². The predicted octanol–water partition coefficient (Wildman–Crippen LogP) is 4.04. The highest BCUT2D eigenvalue weighted by molar-refractivity contribution is 14.1. The highest BCUT2D eigenvalue weighted by atomic mass is 127. The van der Waals surface area contributed by atoms with E-state index >= 15 is 0 Å². The van der Waals surface area contributed by atoms with Crippen molar-refractivity contribution in [1.29, 1.82) is 0 Å². The number of benzene rings is 1. The van der Waals surface area contributed by atoms with E-state index in [1.165, 1.54) is 6.07 Å². The first-order chi connectivity index (χ1) is 9.88. The Morgan fingerprint density at radius 3 is 2.67 bits per heavy atom. The van der Waals surface area contributed by atoms with Crippen molar-refractivity contribution in [3.63, 3.8) is 0 Å². The number of thiazole rings is 1. The molecule has 1 atom stereocenters. The lowest BCUT2D eigenvalue weighted by Crippen LogP contribution is -2.10. The largest absolute Gasteiger partial charge is 0.369 e. The molecule has 21 heavy (non-hydrogen) atoms. The molecule has 0 spiro atoms. The van der Waals surface area contributed by atoms with Gasteiger partial charge in [-0.25, -0.2) is 14.4 Å². The maximum absolute atomic E-state index is 13.9. The molecule has 4 nitrogen and oxygen atoms in total. The van der Waals surface area contributed by atoms with Gasteiger partial charge in [-0.2, -0.15) is 0 Å². The summed E-state index contributed by atoms with van der Waals surface area (Å²) in [5, 5.41) is 1.01. The molecule has 7 heteroatoms. The van der Waals surface area contributed by atoms with Gasteiger partial charge in [0.25, 0.3) is 0 Å². The molecule has 0 bridgehead atoms. The molecular formula is C14H14FIN4S. The van der Waals surface area contributed by atoms with Gasteiger partial charge in [0, 0.05) is 6.07 Å². The average molecular weight is 416 g/mol. The standard InChI is InChI=1S/C14H14FIN4S/c1-6-13(21-8(3)18-6)7(2)20-12-4-9(15)10(16)5-11(12)19-14(20)17/h4-5,7H,1-3H3,(H2,17,19). The minimum Gasteiger partial charge on any atom is -0.369 e. The van der Waals surface area contributed by atoms with Gasteiger partial charge >= 0.3 is 0 Å². The maximum atomic E-state index is 13.9. The van der Waals surface area contributed by atoms with E-state index in [2.05, 4.69) is 9.97 Å². The van der Waals surface area contributed by atoms with Crippen LogP contribution in [0.25, 0.3) is 11.0 Å². The molecule has 1 aromatic carbocycles. The van der Waals surface area contributed by atoms with Crippen molar-refractivity contribution in [2.75, 3.05) is 5.73 Å². The predicted molar refractivity (Wildman–Crippen MR) is 92.2 cm³/mol. The third-order valence-corrected chi connectivity index (χ3v) is 5.53. The number of aryl methyl sites for hydroxylation is 2. The molecule has 0 aliphatic carbocycles. The Morgan fingerprint density at radius 2 is 2.05 bits per heavy atom. The quantitative estimate of drug-likeness (QED) is 0.642. The normalized spacial score (nSPS) is 13.0. The number of rotatable bonds is 2. The van der Waals surface area contributed by atoms with Gasteiger partial charge in [-0.3, -0.25) is 0 Å². The number of halogens is 2. The van der Waals surface area contributed by atoms with Crippen LogP contribution in [0, 0.1) is 23.2 Å². The van der Waals surface area contributed by atoms with Crippen LogP contribution in [-0.4, -0.2) is 14.5 Å². The van der Waals surface area contributed by atoms with Crippen LogP contribution in [0.4, 0.5) is 10.3 Å². The van der Waals surface area contributed by atoms with E-state index in [0.29, 0.717) is 20.6 Å². The third-order valence-electron chi connectivity index (χ3n) is 3.46. The lowest BCUT2D eigenvalue weighted by atomic mass is 10.2. The molecule has 0 radical (unpaired) electrons. The number of hydrogen-bond donors (Lipinski definition) is 1. The fourth-order valence-corrected chi connectivity index (χ4v) is 3.99. The number of imidazole rings is 1. The van der Waals surface area contributed by atoms with E-state index < -0.39 is 0 Å². The van der Waals surface area contributed by atoms with Crippen molar-refractivity contribution < 1.29 is 4.39 Å². The van der Waals surface area contributed by atoms with Crippen molar-refractivity contribution in [1.82, 2.24) is 14.5 Å². The van der Waals surface area contributed by atoms with Crippen molar-refractivity contribution in [3.05, 3.63) is 37.1 Å². The number of nitrogens with two attached hydrogens (primary N) is 1. The highest BCUT2D eigenvalue weighted by Gasteiger charge is 2.20. The van der Waals surface area contributed by atoms with Crippen molar-refractivity contribution in [2.24, 2.45) is 0 Å². The van der Waals surface area contributed by atoms with E-state index in [1.54, 1.807) is 17.4 Å². The fraction of sp³-hybridized carbons (Fsp3) is 0.286. The van der Waals surface area contributed by atoms with Gasteiger partial charge in [0.1, 0.15) is 5.82 Å².